The minimum absolute atomic E-state index is 0.0759. The molecular formula is C13H9ClN4O3. The van der Waals surface area contributed by atoms with E-state index in [1.165, 1.54) is 6.33 Å². The van der Waals surface area contributed by atoms with Crippen molar-refractivity contribution in [3.8, 4) is 11.6 Å². The topological polar surface area (TPSA) is 105 Å². The van der Waals surface area contributed by atoms with Crippen LogP contribution in [-0.4, -0.2) is 31.2 Å². The first-order valence-electron chi connectivity index (χ1n) is 5.98. The van der Waals surface area contributed by atoms with E-state index in [2.05, 4.69) is 20.1 Å². The summed E-state index contributed by atoms with van der Waals surface area (Å²) in [7, 11) is 0. The number of H-pyrrole nitrogens is 1. The molecule has 0 spiro atoms. The van der Waals surface area contributed by atoms with E-state index in [1.807, 2.05) is 18.2 Å². The van der Waals surface area contributed by atoms with Crippen molar-refractivity contribution >= 4 is 17.6 Å². The Hall–Kier alpha value is -2.67. The largest absolute Gasteiger partial charge is 0.476 e. The van der Waals surface area contributed by atoms with Crippen LogP contribution in [0.5, 0.6) is 0 Å². The summed E-state index contributed by atoms with van der Waals surface area (Å²) in [5.74, 6) is -0.687. The quantitative estimate of drug-likeness (QED) is 0.767. The number of carboxylic acids is 1. The van der Waals surface area contributed by atoms with Crippen LogP contribution in [0.4, 0.5) is 0 Å². The lowest BCUT2D eigenvalue weighted by atomic mass is 10.1. The molecule has 0 unspecified atom stereocenters. The summed E-state index contributed by atoms with van der Waals surface area (Å²) in [6, 6.07) is 7.32. The average Bonchev–Trinajstić information content (AvgIpc) is 3.09. The van der Waals surface area contributed by atoms with Crippen molar-refractivity contribution < 1.29 is 14.4 Å². The van der Waals surface area contributed by atoms with Crippen LogP contribution in [0.25, 0.3) is 11.6 Å². The molecule has 2 N–H and O–H groups in total. The van der Waals surface area contributed by atoms with Gasteiger partial charge in [-0.2, -0.15) is 4.98 Å². The minimum atomic E-state index is -1.17. The van der Waals surface area contributed by atoms with Gasteiger partial charge in [-0.05, 0) is 11.6 Å². The average molecular weight is 305 g/mol. The summed E-state index contributed by atoms with van der Waals surface area (Å²) < 4.78 is 5.07. The SMILES string of the molecule is O=C(O)c1nc[nH]c1-c1nc(Cc2ccccc2Cl)no1. The molecule has 0 aliphatic carbocycles. The van der Waals surface area contributed by atoms with Crippen molar-refractivity contribution in [2.24, 2.45) is 0 Å². The highest BCUT2D eigenvalue weighted by molar-refractivity contribution is 6.31. The molecule has 0 atom stereocenters. The number of aromatic nitrogens is 4. The summed E-state index contributed by atoms with van der Waals surface area (Å²) in [6.45, 7) is 0. The van der Waals surface area contributed by atoms with Crippen LogP contribution >= 0.6 is 11.6 Å². The van der Waals surface area contributed by atoms with Crippen LogP contribution in [0, 0.1) is 0 Å². The number of nitrogens with zero attached hydrogens (tertiary/aromatic N) is 3. The number of aromatic carboxylic acids is 1. The van der Waals surface area contributed by atoms with E-state index in [1.54, 1.807) is 6.07 Å². The summed E-state index contributed by atoms with van der Waals surface area (Å²) in [5.41, 5.74) is 0.873. The molecule has 0 bridgehead atoms. The molecule has 7 nitrogen and oxygen atoms in total. The van der Waals surface area contributed by atoms with Gasteiger partial charge in [0, 0.05) is 11.4 Å². The zero-order valence-electron chi connectivity index (χ0n) is 10.6. The van der Waals surface area contributed by atoms with Gasteiger partial charge in [-0.25, -0.2) is 9.78 Å². The van der Waals surface area contributed by atoms with Crippen molar-refractivity contribution in [3.05, 3.63) is 52.7 Å². The second-order valence-corrected chi connectivity index (χ2v) is 4.62. The molecule has 0 fully saturated rings. The Kier molecular flexibility index (Phi) is 3.41. The first kappa shape index (κ1) is 13.3. The molecule has 3 rings (SSSR count). The number of rotatable bonds is 4. The standard InChI is InChI=1S/C13H9ClN4O3/c14-8-4-2-1-3-7(8)5-9-17-12(21-18-9)10-11(13(19)20)16-6-15-10/h1-4,6H,5H2,(H,15,16)(H,19,20). The van der Waals surface area contributed by atoms with E-state index in [0.29, 0.717) is 17.3 Å². The molecule has 0 saturated heterocycles. The zero-order chi connectivity index (χ0) is 14.8. The van der Waals surface area contributed by atoms with Crippen LogP contribution in [0.3, 0.4) is 0 Å². The van der Waals surface area contributed by atoms with Crippen molar-refractivity contribution in [2.45, 2.75) is 6.42 Å². The summed E-state index contributed by atoms with van der Waals surface area (Å²) in [5, 5.41) is 13.4. The lowest BCUT2D eigenvalue weighted by molar-refractivity contribution is 0.0691. The second-order valence-electron chi connectivity index (χ2n) is 4.22. The smallest absolute Gasteiger partial charge is 0.356 e. The van der Waals surface area contributed by atoms with Gasteiger partial charge in [0.05, 0.1) is 6.33 Å². The van der Waals surface area contributed by atoms with Crippen LogP contribution in [0.1, 0.15) is 21.9 Å². The lowest BCUT2D eigenvalue weighted by Gasteiger charge is -1.98. The number of carboxylic acid groups (broad SMARTS) is 1. The number of aromatic amines is 1. The van der Waals surface area contributed by atoms with Gasteiger partial charge >= 0.3 is 5.97 Å². The van der Waals surface area contributed by atoms with Crippen molar-refractivity contribution in [3.63, 3.8) is 0 Å². The zero-order valence-corrected chi connectivity index (χ0v) is 11.3. The van der Waals surface area contributed by atoms with Crippen molar-refractivity contribution in [2.75, 3.05) is 0 Å². The Balaban J connectivity index is 1.89. The van der Waals surface area contributed by atoms with Gasteiger partial charge in [0.15, 0.2) is 11.5 Å². The fourth-order valence-corrected chi connectivity index (χ4v) is 2.06. The number of hydrogen-bond acceptors (Lipinski definition) is 5. The lowest BCUT2D eigenvalue weighted by Crippen LogP contribution is -1.99. The van der Waals surface area contributed by atoms with E-state index in [0.717, 1.165) is 5.56 Å². The molecule has 8 heteroatoms. The molecular weight excluding hydrogens is 296 g/mol. The minimum Gasteiger partial charge on any atom is -0.476 e. The molecule has 0 amide bonds. The fraction of sp³-hybridized carbons (Fsp3) is 0.0769. The maximum Gasteiger partial charge on any atom is 0.356 e. The van der Waals surface area contributed by atoms with E-state index >= 15 is 0 Å². The summed E-state index contributed by atoms with van der Waals surface area (Å²) >= 11 is 6.07. The van der Waals surface area contributed by atoms with Gasteiger partial charge in [-0.3, -0.25) is 0 Å². The number of carbonyl (C=O) groups is 1. The van der Waals surface area contributed by atoms with Gasteiger partial charge < -0.3 is 14.6 Å². The van der Waals surface area contributed by atoms with Gasteiger partial charge in [-0.1, -0.05) is 35.0 Å². The summed E-state index contributed by atoms with van der Waals surface area (Å²) in [4.78, 5) is 21.5. The molecule has 21 heavy (non-hydrogen) atoms. The van der Waals surface area contributed by atoms with E-state index in [9.17, 15) is 4.79 Å². The van der Waals surface area contributed by atoms with Gasteiger partial charge in [-0.15, -0.1) is 0 Å². The third-order valence-electron chi connectivity index (χ3n) is 2.83. The predicted octanol–water partition coefficient (Wildman–Crippen LogP) is 2.40. The number of benzene rings is 1. The molecule has 0 saturated carbocycles. The highest BCUT2D eigenvalue weighted by atomic mass is 35.5. The third kappa shape index (κ3) is 2.63. The van der Waals surface area contributed by atoms with E-state index < -0.39 is 5.97 Å². The summed E-state index contributed by atoms with van der Waals surface area (Å²) in [6.07, 6.45) is 1.65. The molecule has 0 radical (unpaired) electrons. The molecule has 2 aromatic heterocycles. The molecule has 0 aliphatic heterocycles. The van der Waals surface area contributed by atoms with Crippen molar-refractivity contribution in [1.82, 2.24) is 20.1 Å². The van der Waals surface area contributed by atoms with Crippen LogP contribution < -0.4 is 0 Å². The number of halogens is 1. The highest BCUT2D eigenvalue weighted by Gasteiger charge is 2.20. The normalized spacial score (nSPS) is 10.7. The van der Waals surface area contributed by atoms with Gasteiger partial charge in [0.25, 0.3) is 5.89 Å². The van der Waals surface area contributed by atoms with Crippen LogP contribution in [0.2, 0.25) is 5.02 Å². The molecule has 2 heterocycles. The van der Waals surface area contributed by atoms with E-state index in [-0.39, 0.29) is 17.3 Å². The number of nitrogens with one attached hydrogen (secondary N) is 1. The highest BCUT2D eigenvalue weighted by Crippen LogP contribution is 2.21. The Bertz CT molecular complexity index is 796. The number of hydrogen-bond donors (Lipinski definition) is 2. The van der Waals surface area contributed by atoms with Gasteiger partial charge in [0.2, 0.25) is 0 Å². The van der Waals surface area contributed by atoms with Gasteiger partial charge in [0.1, 0.15) is 5.69 Å². The van der Waals surface area contributed by atoms with E-state index in [4.69, 9.17) is 21.2 Å². The Morgan fingerprint density at radius 3 is 2.95 bits per heavy atom. The maximum atomic E-state index is 11.0. The predicted molar refractivity (Wildman–Crippen MR) is 73.1 cm³/mol. The monoisotopic (exact) mass is 304 g/mol. The molecule has 3 aromatic rings. The van der Waals surface area contributed by atoms with Crippen LogP contribution in [0.15, 0.2) is 35.1 Å². The van der Waals surface area contributed by atoms with Crippen LogP contribution in [-0.2, 0) is 6.42 Å². The maximum absolute atomic E-state index is 11.0. The Morgan fingerprint density at radius 1 is 1.38 bits per heavy atom. The molecule has 106 valence electrons. The Morgan fingerprint density at radius 2 is 2.19 bits per heavy atom. The fourth-order valence-electron chi connectivity index (χ4n) is 1.86. The third-order valence-corrected chi connectivity index (χ3v) is 3.20. The van der Waals surface area contributed by atoms with Crippen molar-refractivity contribution in [1.29, 1.82) is 0 Å². The molecule has 1 aromatic carbocycles. The number of imidazole rings is 1. The second kappa shape index (κ2) is 5.37. The Labute approximate surface area is 123 Å². The first-order valence-corrected chi connectivity index (χ1v) is 6.36. The molecule has 0 aliphatic rings. The first-order chi connectivity index (χ1) is 10.1.